The lowest BCUT2D eigenvalue weighted by atomic mass is 9.99. The summed E-state index contributed by atoms with van der Waals surface area (Å²) < 4.78 is 13.2. The summed E-state index contributed by atoms with van der Waals surface area (Å²) in [5.41, 5.74) is 1.81. The maximum absolute atomic E-state index is 13.2. The number of hydrogen-bond donors (Lipinski definition) is 1. The summed E-state index contributed by atoms with van der Waals surface area (Å²) in [4.78, 5) is 0. The highest BCUT2D eigenvalue weighted by Gasteiger charge is 2.14. The summed E-state index contributed by atoms with van der Waals surface area (Å²) in [7, 11) is 1.83. The molecule has 1 atom stereocenters. The van der Waals surface area contributed by atoms with E-state index in [1.165, 1.54) is 12.1 Å². The number of rotatable bonds is 3. The molecule has 0 aliphatic rings. The summed E-state index contributed by atoms with van der Waals surface area (Å²) >= 11 is 6.15. The minimum Gasteiger partial charge on any atom is -0.309 e. The fraction of sp³-hybridized carbons (Fsp3) is 0.143. The van der Waals surface area contributed by atoms with E-state index in [-0.39, 0.29) is 11.9 Å². The highest BCUT2D eigenvalue weighted by Crippen LogP contribution is 2.28. The molecule has 2 rings (SSSR count). The molecule has 0 fully saturated rings. The van der Waals surface area contributed by atoms with Crippen LogP contribution in [-0.4, -0.2) is 7.05 Å². The predicted octanol–water partition coefficient (Wildman–Crippen LogP) is 3.79. The molecule has 1 nitrogen and oxygen atoms in total. The molecule has 2 aromatic rings. The lowest BCUT2D eigenvalue weighted by Crippen LogP contribution is -2.18. The molecule has 2 aromatic carbocycles. The highest BCUT2D eigenvalue weighted by atomic mass is 35.5. The van der Waals surface area contributed by atoms with Crippen LogP contribution >= 0.6 is 11.6 Å². The zero-order valence-corrected chi connectivity index (χ0v) is 10.2. The minimum atomic E-state index is -0.241. The van der Waals surface area contributed by atoms with E-state index in [0.717, 1.165) is 11.1 Å². The van der Waals surface area contributed by atoms with Crippen molar-refractivity contribution in [3.63, 3.8) is 0 Å². The Kier molecular flexibility index (Phi) is 3.77. The average molecular weight is 250 g/mol. The van der Waals surface area contributed by atoms with Crippen LogP contribution < -0.4 is 5.32 Å². The van der Waals surface area contributed by atoms with Crippen molar-refractivity contribution < 1.29 is 4.39 Å². The van der Waals surface area contributed by atoms with Crippen molar-refractivity contribution in [2.45, 2.75) is 6.04 Å². The molecule has 0 saturated carbocycles. The summed E-state index contributed by atoms with van der Waals surface area (Å²) in [6.45, 7) is 0. The summed E-state index contributed by atoms with van der Waals surface area (Å²) in [5, 5.41) is 3.83. The van der Waals surface area contributed by atoms with Crippen molar-refractivity contribution >= 4 is 11.6 Å². The molecule has 3 heteroatoms. The fourth-order valence-corrected chi connectivity index (χ4v) is 2.14. The van der Waals surface area contributed by atoms with Crippen LogP contribution in [0, 0.1) is 5.82 Å². The van der Waals surface area contributed by atoms with E-state index in [0.29, 0.717) is 5.02 Å². The third kappa shape index (κ3) is 2.65. The Bertz CT molecular complexity index is 513. The van der Waals surface area contributed by atoms with Gasteiger partial charge in [0.15, 0.2) is 0 Å². The van der Waals surface area contributed by atoms with Crippen LogP contribution in [0.5, 0.6) is 0 Å². The highest BCUT2D eigenvalue weighted by molar-refractivity contribution is 6.31. The number of hydrogen-bond acceptors (Lipinski definition) is 1. The number of nitrogens with one attached hydrogen (secondary N) is 1. The first kappa shape index (κ1) is 12.1. The van der Waals surface area contributed by atoms with Crippen molar-refractivity contribution in [1.29, 1.82) is 0 Å². The van der Waals surface area contributed by atoms with Crippen molar-refractivity contribution in [3.05, 3.63) is 70.5 Å². The van der Waals surface area contributed by atoms with Gasteiger partial charge in [0, 0.05) is 5.02 Å². The standard InChI is InChI=1S/C14H13ClFN/c1-17-14(10-5-4-6-11(16)9-10)12-7-2-3-8-13(12)15/h2-9,14,17H,1H3. The summed E-state index contributed by atoms with van der Waals surface area (Å²) in [6.07, 6.45) is 0. The maximum atomic E-state index is 13.2. The molecular weight excluding hydrogens is 237 g/mol. The smallest absolute Gasteiger partial charge is 0.123 e. The first-order valence-corrected chi connectivity index (χ1v) is 5.77. The molecular formula is C14H13ClFN. The predicted molar refractivity (Wildman–Crippen MR) is 68.8 cm³/mol. The van der Waals surface area contributed by atoms with E-state index in [2.05, 4.69) is 5.32 Å². The monoisotopic (exact) mass is 249 g/mol. The Morgan fingerprint density at radius 3 is 2.53 bits per heavy atom. The van der Waals surface area contributed by atoms with Crippen LogP contribution in [0.25, 0.3) is 0 Å². The fourth-order valence-electron chi connectivity index (χ4n) is 1.90. The molecule has 1 N–H and O–H groups in total. The first-order chi connectivity index (χ1) is 8.22. The van der Waals surface area contributed by atoms with Crippen LogP contribution in [0.2, 0.25) is 5.02 Å². The lowest BCUT2D eigenvalue weighted by molar-refractivity contribution is 0.617. The lowest BCUT2D eigenvalue weighted by Gasteiger charge is -2.18. The Morgan fingerprint density at radius 1 is 1.12 bits per heavy atom. The van der Waals surface area contributed by atoms with Gasteiger partial charge >= 0.3 is 0 Å². The van der Waals surface area contributed by atoms with Gasteiger partial charge in [-0.1, -0.05) is 41.9 Å². The third-order valence-electron chi connectivity index (χ3n) is 2.69. The largest absolute Gasteiger partial charge is 0.309 e. The van der Waals surface area contributed by atoms with Gasteiger partial charge < -0.3 is 5.32 Å². The molecule has 0 aromatic heterocycles. The topological polar surface area (TPSA) is 12.0 Å². The zero-order chi connectivity index (χ0) is 12.3. The molecule has 0 saturated heterocycles. The molecule has 1 unspecified atom stereocenters. The summed E-state index contributed by atoms with van der Waals surface area (Å²) in [6, 6.07) is 14.0. The van der Waals surface area contributed by atoms with Gasteiger partial charge in [-0.05, 0) is 36.4 Å². The normalized spacial score (nSPS) is 12.4. The van der Waals surface area contributed by atoms with E-state index in [4.69, 9.17) is 11.6 Å². The van der Waals surface area contributed by atoms with Crippen molar-refractivity contribution in [2.75, 3.05) is 7.05 Å². The van der Waals surface area contributed by atoms with Crippen LogP contribution in [0.15, 0.2) is 48.5 Å². The van der Waals surface area contributed by atoms with Crippen LogP contribution in [0.1, 0.15) is 17.2 Å². The van der Waals surface area contributed by atoms with Gasteiger partial charge in [-0.15, -0.1) is 0 Å². The van der Waals surface area contributed by atoms with E-state index in [1.54, 1.807) is 6.07 Å². The Hall–Kier alpha value is -1.38. The molecule has 0 heterocycles. The third-order valence-corrected chi connectivity index (χ3v) is 3.03. The second kappa shape index (κ2) is 5.30. The molecule has 0 spiro atoms. The van der Waals surface area contributed by atoms with Crippen molar-refractivity contribution in [1.82, 2.24) is 5.32 Å². The Balaban J connectivity index is 2.44. The molecule has 88 valence electrons. The van der Waals surface area contributed by atoms with Crippen LogP contribution in [-0.2, 0) is 0 Å². The van der Waals surface area contributed by atoms with Crippen LogP contribution in [0.4, 0.5) is 4.39 Å². The molecule has 0 bridgehead atoms. The van der Waals surface area contributed by atoms with Gasteiger partial charge in [0.1, 0.15) is 5.82 Å². The number of halogens is 2. The van der Waals surface area contributed by atoms with E-state index in [1.807, 2.05) is 37.4 Å². The summed E-state index contributed by atoms with van der Waals surface area (Å²) in [5.74, 6) is -0.241. The van der Waals surface area contributed by atoms with E-state index < -0.39 is 0 Å². The van der Waals surface area contributed by atoms with E-state index in [9.17, 15) is 4.39 Å². The Labute approximate surface area is 105 Å². The first-order valence-electron chi connectivity index (χ1n) is 5.39. The molecule has 17 heavy (non-hydrogen) atoms. The molecule has 0 aliphatic carbocycles. The second-order valence-electron chi connectivity index (χ2n) is 3.80. The second-order valence-corrected chi connectivity index (χ2v) is 4.21. The quantitative estimate of drug-likeness (QED) is 0.873. The zero-order valence-electron chi connectivity index (χ0n) is 9.45. The molecule has 0 radical (unpaired) electrons. The van der Waals surface area contributed by atoms with Gasteiger partial charge in [-0.3, -0.25) is 0 Å². The van der Waals surface area contributed by atoms with Gasteiger partial charge in [0.25, 0.3) is 0 Å². The van der Waals surface area contributed by atoms with Crippen molar-refractivity contribution in [2.24, 2.45) is 0 Å². The van der Waals surface area contributed by atoms with E-state index >= 15 is 0 Å². The molecule has 0 amide bonds. The van der Waals surface area contributed by atoms with Gasteiger partial charge in [0.05, 0.1) is 6.04 Å². The average Bonchev–Trinajstić information content (AvgIpc) is 2.33. The van der Waals surface area contributed by atoms with Gasteiger partial charge in [-0.2, -0.15) is 0 Å². The van der Waals surface area contributed by atoms with Gasteiger partial charge in [0.2, 0.25) is 0 Å². The number of benzene rings is 2. The maximum Gasteiger partial charge on any atom is 0.123 e. The molecule has 0 aliphatic heterocycles. The Morgan fingerprint density at radius 2 is 1.88 bits per heavy atom. The van der Waals surface area contributed by atoms with Gasteiger partial charge in [-0.25, -0.2) is 4.39 Å². The SMILES string of the molecule is CNC(c1cccc(F)c1)c1ccccc1Cl. The minimum absolute atomic E-state index is 0.0978. The van der Waals surface area contributed by atoms with Crippen molar-refractivity contribution in [3.8, 4) is 0 Å². The van der Waals surface area contributed by atoms with Crippen LogP contribution in [0.3, 0.4) is 0 Å².